The quantitative estimate of drug-likeness (QED) is 0.688. The molecule has 1 aliphatic rings. The number of rotatable bonds is 2. The second-order valence-corrected chi connectivity index (χ2v) is 6.75. The molecule has 0 spiro atoms. The topological polar surface area (TPSA) is 72.9 Å². The van der Waals surface area contributed by atoms with Crippen LogP contribution in [-0.2, 0) is 7.05 Å². The Balaban J connectivity index is 2.12. The minimum Gasteiger partial charge on any atom is -0.464 e. The van der Waals surface area contributed by atoms with Crippen LogP contribution in [0.2, 0.25) is 0 Å². The Bertz CT molecular complexity index is 924. The Morgan fingerprint density at radius 3 is 2.74 bits per heavy atom. The molecule has 118 valence electrons. The summed E-state index contributed by atoms with van der Waals surface area (Å²) in [6, 6.07) is 1.77. The minimum atomic E-state index is -0.988. The molecular formula is C16H15BrN4O2. The fraction of sp³-hybridized carbons (Fsp3) is 0.312. The Morgan fingerprint density at radius 2 is 2.17 bits per heavy atom. The average molecular weight is 375 g/mol. The van der Waals surface area contributed by atoms with Crippen LogP contribution in [0, 0.1) is 0 Å². The van der Waals surface area contributed by atoms with Gasteiger partial charge in [0.05, 0.1) is 17.4 Å². The first-order valence-electron chi connectivity index (χ1n) is 7.48. The highest BCUT2D eigenvalue weighted by atomic mass is 79.9. The zero-order valence-electron chi connectivity index (χ0n) is 12.5. The Kier molecular flexibility index (Phi) is 3.26. The molecule has 0 aromatic carbocycles. The minimum absolute atomic E-state index is 0.385. The third-order valence-electron chi connectivity index (χ3n) is 4.54. The third-order valence-corrected chi connectivity index (χ3v) is 4.98. The molecule has 3 heterocycles. The molecule has 7 heteroatoms. The highest BCUT2D eigenvalue weighted by Gasteiger charge is 2.31. The third kappa shape index (κ3) is 2.18. The maximum Gasteiger partial charge on any atom is 0.416 e. The van der Waals surface area contributed by atoms with Crippen LogP contribution in [0.4, 0.5) is 4.79 Å². The van der Waals surface area contributed by atoms with Crippen molar-refractivity contribution in [1.29, 1.82) is 0 Å². The first kappa shape index (κ1) is 14.4. The predicted molar refractivity (Wildman–Crippen MR) is 89.6 cm³/mol. The molecule has 23 heavy (non-hydrogen) atoms. The number of fused-ring (bicyclic) bond motifs is 1. The van der Waals surface area contributed by atoms with Crippen LogP contribution in [-0.4, -0.2) is 30.5 Å². The summed E-state index contributed by atoms with van der Waals surface area (Å²) in [5, 5.41) is 14.9. The molecule has 6 nitrogen and oxygen atoms in total. The van der Waals surface area contributed by atoms with Gasteiger partial charge in [-0.25, -0.2) is 14.3 Å². The Labute approximate surface area is 140 Å². The summed E-state index contributed by atoms with van der Waals surface area (Å²) in [4.78, 5) is 16.3. The molecule has 0 aliphatic heterocycles. The number of carbonyl (C=O) groups is 1. The highest BCUT2D eigenvalue weighted by Crippen LogP contribution is 2.46. The summed E-state index contributed by atoms with van der Waals surface area (Å²) in [7, 11) is 1.83. The van der Waals surface area contributed by atoms with E-state index in [1.165, 1.54) is 11.0 Å². The van der Waals surface area contributed by atoms with Gasteiger partial charge in [0, 0.05) is 30.4 Å². The first-order valence-corrected chi connectivity index (χ1v) is 8.27. The van der Waals surface area contributed by atoms with Gasteiger partial charge in [-0.15, -0.1) is 0 Å². The van der Waals surface area contributed by atoms with E-state index in [0.29, 0.717) is 16.0 Å². The molecule has 0 unspecified atom stereocenters. The van der Waals surface area contributed by atoms with E-state index in [4.69, 9.17) is 0 Å². The molecule has 1 fully saturated rings. The summed E-state index contributed by atoms with van der Waals surface area (Å²) in [6.07, 6.45) is 7.71. The van der Waals surface area contributed by atoms with E-state index in [1.54, 1.807) is 23.1 Å². The largest absolute Gasteiger partial charge is 0.464 e. The van der Waals surface area contributed by atoms with Gasteiger partial charge in [-0.05, 0) is 46.3 Å². The van der Waals surface area contributed by atoms with Crippen molar-refractivity contribution in [2.45, 2.75) is 25.2 Å². The van der Waals surface area contributed by atoms with E-state index < -0.39 is 6.09 Å². The van der Waals surface area contributed by atoms with E-state index >= 15 is 0 Å². The van der Waals surface area contributed by atoms with Gasteiger partial charge < -0.3 is 5.11 Å². The summed E-state index contributed by atoms with van der Waals surface area (Å²) < 4.78 is 3.69. The van der Waals surface area contributed by atoms with Crippen molar-refractivity contribution in [2.75, 3.05) is 0 Å². The predicted octanol–water partition coefficient (Wildman–Crippen LogP) is 3.99. The maximum absolute atomic E-state index is 12.0. The van der Waals surface area contributed by atoms with Crippen molar-refractivity contribution >= 4 is 32.9 Å². The lowest BCUT2D eigenvalue weighted by Crippen LogP contribution is -2.13. The van der Waals surface area contributed by atoms with E-state index in [-0.39, 0.29) is 0 Å². The van der Waals surface area contributed by atoms with Gasteiger partial charge in [0.2, 0.25) is 0 Å². The Hall–Kier alpha value is -2.15. The average Bonchev–Trinajstić information content (AvgIpc) is 2.99. The van der Waals surface area contributed by atoms with E-state index in [0.717, 1.165) is 35.0 Å². The molecule has 1 N–H and O–H groups in total. The normalized spacial score (nSPS) is 15.0. The van der Waals surface area contributed by atoms with Crippen molar-refractivity contribution in [1.82, 2.24) is 19.3 Å². The number of pyridine rings is 1. The molecule has 0 amide bonds. The fourth-order valence-corrected chi connectivity index (χ4v) is 3.64. The smallest absolute Gasteiger partial charge is 0.416 e. The number of nitrogens with zero attached hydrogens (tertiary/aromatic N) is 4. The lowest BCUT2D eigenvalue weighted by Gasteiger charge is -2.26. The molecule has 4 rings (SSSR count). The molecule has 0 radical (unpaired) electrons. The number of aryl methyl sites for hydroxylation is 1. The fourth-order valence-electron chi connectivity index (χ4n) is 3.32. The first-order chi connectivity index (χ1) is 11.1. The molecule has 0 atom stereocenters. The van der Waals surface area contributed by atoms with Crippen molar-refractivity contribution < 1.29 is 9.90 Å². The summed E-state index contributed by atoms with van der Waals surface area (Å²) in [5.74, 6) is 0.385. The lowest BCUT2D eigenvalue weighted by molar-refractivity contribution is 0.198. The number of carboxylic acid groups (broad SMARTS) is 1. The lowest BCUT2D eigenvalue weighted by atomic mass is 9.78. The van der Waals surface area contributed by atoms with Crippen molar-refractivity contribution in [3.05, 3.63) is 34.8 Å². The number of aromatic nitrogens is 4. The molecule has 1 saturated carbocycles. The second kappa shape index (κ2) is 5.19. The van der Waals surface area contributed by atoms with Crippen LogP contribution >= 0.6 is 15.9 Å². The summed E-state index contributed by atoms with van der Waals surface area (Å²) in [6.45, 7) is 0. The summed E-state index contributed by atoms with van der Waals surface area (Å²) >= 11 is 3.34. The monoisotopic (exact) mass is 374 g/mol. The van der Waals surface area contributed by atoms with Crippen molar-refractivity contribution in [3.63, 3.8) is 0 Å². The van der Waals surface area contributed by atoms with Gasteiger partial charge in [0.15, 0.2) is 0 Å². The van der Waals surface area contributed by atoms with Gasteiger partial charge in [0.25, 0.3) is 0 Å². The van der Waals surface area contributed by atoms with Crippen LogP contribution in [0.5, 0.6) is 0 Å². The Morgan fingerprint density at radius 1 is 1.39 bits per heavy atom. The molecule has 1 aliphatic carbocycles. The van der Waals surface area contributed by atoms with Gasteiger partial charge in [-0.3, -0.25) is 4.68 Å². The highest BCUT2D eigenvalue weighted by molar-refractivity contribution is 9.10. The standard InChI is InChI=1S/C16H15BrN4O2/c1-20-8-10(6-19-20)15-14(9-3-2-4-9)11-7-18-13(17)5-12(11)21(15)16(22)23/h5-9H,2-4H2,1H3,(H,22,23). The maximum atomic E-state index is 12.0. The number of halogens is 1. The van der Waals surface area contributed by atoms with Gasteiger partial charge in [-0.2, -0.15) is 5.10 Å². The second-order valence-electron chi connectivity index (χ2n) is 5.93. The molecule has 3 aromatic heterocycles. The number of hydrogen-bond acceptors (Lipinski definition) is 3. The zero-order chi connectivity index (χ0) is 16.1. The van der Waals surface area contributed by atoms with E-state index in [1.807, 2.05) is 13.2 Å². The van der Waals surface area contributed by atoms with E-state index in [9.17, 15) is 9.90 Å². The molecule has 0 saturated heterocycles. The van der Waals surface area contributed by atoms with Crippen LogP contribution in [0.15, 0.2) is 29.3 Å². The van der Waals surface area contributed by atoms with Crippen LogP contribution < -0.4 is 0 Å². The SMILES string of the molecule is Cn1cc(-c2c(C3CCC3)c3cnc(Br)cc3n2C(=O)O)cn1. The van der Waals surface area contributed by atoms with Crippen LogP contribution in [0.1, 0.15) is 30.7 Å². The van der Waals surface area contributed by atoms with Crippen LogP contribution in [0.25, 0.3) is 22.2 Å². The molecular weight excluding hydrogens is 360 g/mol. The number of hydrogen-bond donors (Lipinski definition) is 1. The van der Waals surface area contributed by atoms with Gasteiger partial charge in [-0.1, -0.05) is 6.42 Å². The van der Waals surface area contributed by atoms with Crippen LogP contribution in [0.3, 0.4) is 0 Å². The van der Waals surface area contributed by atoms with Crippen molar-refractivity contribution in [2.24, 2.45) is 7.05 Å². The van der Waals surface area contributed by atoms with Crippen molar-refractivity contribution in [3.8, 4) is 11.3 Å². The van der Waals surface area contributed by atoms with Gasteiger partial charge >= 0.3 is 6.09 Å². The van der Waals surface area contributed by atoms with Gasteiger partial charge in [0.1, 0.15) is 4.60 Å². The summed E-state index contributed by atoms with van der Waals surface area (Å²) in [5.41, 5.74) is 3.30. The van der Waals surface area contributed by atoms with E-state index in [2.05, 4.69) is 26.0 Å². The molecule has 0 bridgehead atoms. The zero-order valence-corrected chi connectivity index (χ0v) is 14.1. The molecule has 3 aromatic rings.